The quantitative estimate of drug-likeness (QED) is 0.349. The minimum absolute atomic E-state index is 0.0795. The number of benzene rings is 3. The molecule has 9 nitrogen and oxygen atoms in total. The van der Waals surface area contributed by atoms with Crippen LogP contribution < -0.4 is 21.3 Å². The van der Waals surface area contributed by atoms with Gasteiger partial charge in [0.15, 0.2) is 0 Å². The van der Waals surface area contributed by atoms with Gasteiger partial charge in [-0.15, -0.1) is 0 Å². The number of ether oxygens (including phenoxy) is 2. The number of nitrogens with zero attached hydrogens (tertiary/aromatic N) is 1. The first-order valence-corrected chi connectivity index (χ1v) is 13.9. The monoisotopic (exact) mass is 558 g/mol. The van der Waals surface area contributed by atoms with Crippen LogP contribution in [0, 0.1) is 0 Å². The fourth-order valence-corrected chi connectivity index (χ4v) is 5.15. The number of methoxy groups -OCH3 is 1. The number of hydrogen-bond acceptors (Lipinski definition) is 7. The van der Waals surface area contributed by atoms with Gasteiger partial charge < -0.3 is 25.8 Å². The third kappa shape index (κ3) is 7.38. The second-order valence-electron chi connectivity index (χ2n) is 9.95. The molecule has 4 rings (SSSR count). The lowest BCUT2D eigenvalue weighted by atomic mass is 9.84. The van der Waals surface area contributed by atoms with Crippen LogP contribution in [0.5, 0.6) is 0 Å². The van der Waals surface area contributed by atoms with E-state index >= 15 is 0 Å². The maximum Gasteiger partial charge on any atom is 0.420 e. The van der Waals surface area contributed by atoms with Crippen LogP contribution in [0.4, 0.5) is 10.5 Å². The number of carbonyl (C=O) groups excluding carboxylic acids is 3. The zero-order valence-corrected chi connectivity index (χ0v) is 23.5. The number of morpholine rings is 1. The molecule has 0 spiro atoms. The lowest BCUT2D eigenvalue weighted by Gasteiger charge is -2.31. The van der Waals surface area contributed by atoms with Crippen molar-refractivity contribution in [3.05, 3.63) is 102 Å². The average Bonchev–Trinajstić information content (AvgIpc) is 3.02. The van der Waals surface area contributed by atoms with Crippen molar-refractivity contribution in [3.63, 3.8) is 0 Å². The Morgan fingerprint density at radius 1 is 1.00 bits per heavy atom. The van der Waals surface area contributed by atoms with Crippen molar-refractivity contribution >= 4 is 23.6 Å². The van der Waals surface area contributed by atoms with E-state index in [2.05, 4.69) is 10.6 Å². The molecule has 1 aliphatic rings. The van der Waals surface area contributed by atoms with Crippen molar-refractivity contribution in [2.45, 2.75) is 43.9 Å². The zero-order valence-electron chi connectivity index (χ0n) is 23.5. The molecule has 4 N–H and O–H groups in total. The molecule has 0 saturated carbocycles. The molecule has 1 heterocycles. The summed E-state index contributed by atoms with van der Waals surface area (Å²) in [7, 11) is 1.25. The van der Waals surface area contributed by atoms with Gasteiger partial charge in [0.25, 0.3) is 5.91 Å². The van der Waals surface area contributed by atoms with Crippen LogP contribution in [0.1, 0.15) is 36.0 Å². The molecule has 0 bridgehead atoms. The van der Waals surface area contributed by atoms with E-state index < -0.39 is 24.0 Å². The summed E-state index contributed by atoms with van der Waals surface area (Å²) >= 11 is 0. The number of nitrogens with one attached hydrogen (secondary N) is 2. The van der Waals surface area contributed by atoms with E-state index in [0.29, 0.717) is 31.6 Å². The predicted octanol–water partition coefficient (Wildman–Crippen LogP) is 3.37. The van der Waals surface area contributed by atoms with Gasteiger partial charge in [-0.2, -0.15) is 0 Å². The number of nitrogens with two attached hydrogens (primary N) is 1. The highest BCUT2D eigenvalue weighted by molar-refractivity contribution is 6.15. The molecule has 3 aromatic rings. The van der Waals surface area contributed by atoms with Crippen molar-refractivity contribution in [1.29, 1.82) is 0 Å². The van der Waals surface area contributed by atoms with Gasteiger partial charge in [-0.05, 0) is 42.5 Å². The van der Waals surface area contributed by atoms with Crippen LogP contribution >= 0.6 is 0 Å². The Morgan fingerprint density at radius 2 is 1.61 bits per heavy atom. The second kappa shape index (κ2) is 14.5. The van der Waals surface area contributed by atoms with Gasteiger partial charge in [0.2, 0.25) is 5.91 Å². The van der Waals surface area contributed by atoms with Gasteiger partial charge in [0.05, 0.1) is 31.5 Å². The Morgan fingerprint density at radius 3 is 2.17 bits per heavy atom. The van der Waals surface area contributed by atoms with Gasteiger partial charge in [0.1, 0.15) is 6.04 Å². The predicted molar refractivity (Wildman–Crippen MR) is 158 cm³/mol. The number of amides is 3. The summed E-state index contributed by atoms with van der Waals surface area (Å²) in [4.78, 5) is 40.3. The Balaban J connectivity index is 1.55. The Kier molecular flexibility index (Phi) is 10.6. The summed E-state index contributed by atoms with van der Waals surface area (Å²) in [6.07, 6.45) is 0.223. The molecule has 3 amide bonds. The van der Waals surface area contributed by atoms with Gasteiger partial charge in [-0.3, -0.25) is 9.59 Å². The molecular formula is C32H38N4O5. The van der Waals surface area contributed by atoms with Gasteiger partial charge in [0, 0.05) is 19.0 Å². The van der Waals surface area contributed by atoms with Crippen molar-refractivity contribution in [1.82, 2.24) is 10.6 Å². The first-order valence-electron chi connectivity index (χ1n) is 13.9. The first-order chi connectivity index (χ1) is 19.9. The molecule has 9 heteroatoms. The molecule has 1 saturated heterocycles. The van der Waals surface area contributed by atoms with E-state index in [1.165, 1.54) is 7.11 Å². The molecule has 1 fully saturated rings. The number of aryl methyl sites for hydroxylation is 1. The summed E-state index contributed by atoms with van der Waals surface area (Å²) in [6.45, 7) is 3.23. The zero-order chi connectivity index (χ0) is 29.2. The van der Waals surface area contributed by atoms with Crippen molar-refractivity contribution < 1.29 is 23.9 Å². The van der Waals surface area contributed by atoms with Crippen molar-refractivity contribution in [2.24, 2.45) is 5.73 Å². The fraction of sp³-hybridized carbons (Fsp3) is 0.344. The molecule has 0 unspecified atom stereocenters. The van der Waals surface area contributed by atoms with E-state index in [0.717, 1.165) is 21.6 Å². The highest BCUT2D eigenvalue weighted by atomic mass is 16.5. The van der Waals surface area contributed by atoms with Crippen LogP contribution in [0.25, 0.3) is 0 Å². The largest absolute Gasteiger partial charge is 0.452 e. The topological polar surface area (TPSA) is 123 Å². The van der Waals surface area contributed by atoms with Gasteiger partial charge >= 0.3 is 6.09 Å². The number of para-hydroxylation sites is 1. The van der Waals surface area contributed by atoms with Gasteiger partial charge in [-0.1, -0.05) is 78.9 Å². The standard InChI is InChI=1S/C32H38N4O5/c1-3-34-30(37)26-21-41-25(20-35-26)19-18-22-12-10-11-17-27(22)36(32(39)40-2)31(38)29(33)28(23-13-6-4-7-14-23)24-15-8-5-9-16-24/h4-17,25-26,28-29,35H,3,18-21,33H2,1-2H3,(H,34,37)/t25-,26+,29+/m1/s1. The van der Waals surface area contributed by atoms with E-state index in [1.807, 2.05) is 79.7 Å². The molecule has 0 aromatic heterocycles. The summed E-state index contributed by atoms with van der Waals surface area (Å²) in [5, 5.41) is 6.04. The highest BCUT2D eigenvalue weighted by Gasteiger charge is 2.36. The van der Waals surface area contributed by atoms with E-state index in [-0.39, 0.29) is 24.7 Å². The molecule has 41 heavy (non-hydrogen) atoms. The molecule has 0 radical (unpaired) electrons. The van der Waals surface area contributed by atoms with E-state index in [1.54, 1.807) is 12.1 Å². The number of imide groups is 1. The van der Waals surface area contributed by atoms with E-state index in [4.69, 9.17) is 15.2 Å². The molecular weight excluding hydrogens is 520 g/mol. The normalized spacial score (nSPS) is 17.5. The Bertz CT molecular complexity index is 1260. The summed E-state index contributed by atoms with van der Waals surface area (Å²) in [5.41, 5.74) is 9.63. The Hall–Kier alpha value is -4.05. The maximum absolute atomic E-state index is 14.1. The summed E-state index contributed by atoms with van der Waals surface area (Å²) in [5.74, 6) is -1.13. The number of carbonyl (C=O) groups is 3. The molecule has 3 atom stereocenters. The molecule has 216 valence electrons. The van der Waals surface area contributed by atoms with Crippen LogP contribution in [0.15, 0.2) is 84.9 Å². The number of likely N-dealkylation sites (N-methyl/N-ethyl adjacent to an activating group) is 1. The number of anilines is 1. The van der Waals surface area contributed by atoms with Crippen LogP contribution in [0.3, 0.4) is 0 Å². The second-order valence-corrected chi connectivity index (χ2v) is 9.95. The minimum Gasteiger partial charge on any atom is -0.452 e. The number of rotatable bonds is 10. The maximum atomic E-state index is 14.1. The third-order valence-electron chi connectivity index (χ3n) is 7.27. The number of hydrogen-bond donors (Lipinski definition) is 3. The molecule has 0 aliphatic carbocycles. The molecule has 3 aromatic carbocycles. The van der Waals surface area contributed by atoms with Crippen LogP contribution in [-0.2, 0) is 25.5 Å². The third-order valence-corrected chi connectivity index (χ3v) is 7.27. The Labute approximate surface area is 241 Å². The summed E-state index contributed by atoms with van der Waals surface area (Å²) in [6, 6.07) is 24.9. The smallest absolute Gasteiger partial charge is 0.420 e. The minimum atomic E-state index is -1.07. The highest BCUT2D eigenvalue weighted by Crippen LogP contribution is 2.31. The van der Waals surface area contributed by atoms with Crippen molar-refractivity contribution in [2.75, 3.05) is 31.7 Å². The van der Waals surface area contributed by atoms with Gasteiger partial charge in [-0.25, -0.2) is 9.69 Å². The van der Waals surface area contributed by atoms with Crippen molar-refractivity contribution in [3.8, 4) is 0 Å². The van der Waals surface area contributed by atoms with E-state index in [9.17, 15) is 14.4 Å². The fourth-order valence-electron chi connectivity index (χ4n) is 5.15. The molecule has 1 aliphatic heterocycles. The lowest BCUT2D eigenvalue weighted by Crippen LogP contribution is -2.54. The average molecular weight is 559 g/mol. The SMILES string of the molecule is CCNC(=O)[C@@H]1CO[C@H](CCc2ccccc2N(C(=O)OC)C(=O)[C@@H](N)C(c2ccccc2)c2ccccc2)CN1. The van der Waals surface area contributed by atoms with Crippen LogP contribution in [-0.4, -0.2) is 62.9 Å². The first kappa shape index (κ1) is 29.9. The van der Waals surface area contributed by atoms with Crippen LogP contribution in [0.2, 0.25) is 0 Å². The summed E-state index contributed by atoms with van der Waals surface area (Å²) < 4.78 is 11.0. The lowest BCUT2D eigenvalue weighted by molar-refractivity contribution is -0.127.